The molecule has 29 heavy (non-hydrogen) atoms. The van der Waals surface area contributed by atoms with Gasteiger partial charge >= 0.3 is 0 Å². The number of nitrogens with two attached hydrogens (primary N) is 1. The summed E-state index contributed by atoms with van der Waals surface area (Å²) < 4.78 is 6.70. The van der Waals surface area contributed by atoms with Crippen LogP contribution in [0.2, 0.25) is 0 Å². The fraction of sp³-hybridized carbons (Fsp3) is 0.158. The highest BCUT2D eigenvalue weighted by atomic mass is 32.2. The van der Waals surface area contributed by atoms with Crippen LogP contribution < -0.4 is 11.2 Å². The van der Waals surface area contributed by atoms with Gasteiger partial charge in [-0.3, -0.25) is 4.79 Å². The van der Waals surface area contributed by atoms with Crippen molar-refractivity contribution < 1.29 is 9.21 Å². The van der Waals surface area contributed by atoms with Gasteiger partial charge in [-0.25, -0.2) is 9.66 Å². The topological polar surface area (TPSA) is 112 Å². The first-order valence-corrected chi connectivity index (χ1v) is 10.6. The number of anilines is 1. The number of aromatic nitrogens is 4. The van der Waals surface area contributed by atoms with Gasteiger partial charge in [0.25, 0.3) is 0 Å². The van der Waals surface area contributed by atoms with Gasteiger partial charge in [-0.2, -0.15) is 0 Å². The molecule has 4 aromatic rings. The van der Waals surface area contributed by atoms with Crippen molar-refractivity contribution in [3.8, 4) is 11.6 Å². The van der Waals surface area contributed by atoms with Crippen LogP contribution in [0.1, 0.15) is 16.3 Å². The summed E-state index contributed by atoms with van der Waals surface area (Å²) >= 11 is 2.88. The quantitative estimate of drug-likeness (QED) is 0.344. The molecule has 0 unspecified atom stereocenters. The van der Waals surface area contributed by atoms with Gasteiger partial charge in [0.05, 0.1) is 18.4 Å². The molecular formula is C19H18N6O2S2. The van der Waals surface area contributed by atoms with Gasteiger partial charge < -0.3 is 15.6 Å². The van der Waals surface area contributed by atoms with Crippen molar-refractivity contribution in [3.05, 3.63) is 64.3 Å². The molecule has 4 rings (SSSR count). The minimum absolute atomic E-state index is 0.0906. The van der Waals surface area contributed by atoms with E-state index in [2.05, 4.69) is 20.5 Å². The van der Waals surface area contributed by atoms with Crippen LogP contribution in [0.15, 0.2) is 57.6 Å². The second-order valence-corrected chi connectivity index (χ2v) is 8.15. The van der Waals surface area contributed by atoms with E-state index in [1.165, 1.54) is 27.8 Å². The largest absolute Gasteiger partial charge is 0.461 e. The maximum Gasteiger partial charge on any atom is 0.231 e. The van der Waals surface area contributed by atoms with E-state index in [4.69, 9.17) is 10.3 Å². The van der Waals surface area contributed by atoms with E-state index in [9.17, 15) is 4.79 Å². The zero-order valence-corrected chi connectivity index (χ0v) is 17.2. The molecule has 0 atom stereocenters. The fourth-order valence-corrected chi connectivity index (χ4v) is 4.21. The summed E-state index contributed by atoms with van der Waals surface area (Å²) in [4.78, 5) is 16.7. The Labute approximate surface area is 175 Å². The number of nitrogen functional groups attached to an aromatic ring is 1. The first-order valence-electron chi connectivity index (χ1n) is 8.75. The van der Waals surface area contributed by atoms with E-state index in [0.717, 1.165) is 22.0 Å². The van der Waals surface area contributed by atoms with Crippen LogP contribution >= 0.6 is 23.1 Å². The zero-order chi connectivity index (χ0) is 20.2. The number of benzene rings is 1. The zero-order valence-electron chi connectivity index (χ0n) is 15.5. The van der Waals surface area contributed by atoms with Crippen LogP contribution in [0.5, 0.6) is 0 Å². The molecule has 0 bridgehead atoms. The Balaban J connectivity index is 1.32. The summed E-state index contributed by atoms with van der Waals surface area (Å²) in [6.45, 7) is 2.01. The van der Waals surface area contributed by atoms with Crippen LogP contribution in [0.3, 0.4) is 0 Å². The summed E-state index contributed by atoms with van der Waals surface area (Å²) in [5, 5.41) is 14.3. The van der Waals surface area contributed by atoms with Crippen molar-refractivity contribution in [3.63, 3.8) is 0 Å². The van der Waals surface area contributed by atoms with E-state index in [-0.39, 0.29) is 12.3 Å². The summed E-state index contributed by atoms with van der Waals surface area (Å²) in [5.74, 6) is 7.55. The second-order valence-electron chi connectivity index (χ2n) is 6.27. The number of nitrogens with zero attached hydrogens (tertiary/aromatic N) is 4. The smallest absolute Gasteiger partial charge is 0.231 e. The normalized spacial score (nSPS) is 10.9. The average Bonchev–Trinajstić information content (AvgIpc) is 3.44. The number of hydrogen-bond acceptors (Lipinski definition) is 8. The molecule has 0 aliphatic heterocycles. The molecule has 0 aliphatic rings. The lowest BCUT2D eigenvalue weighted by Crippen LogP contribution is -2.14. The highest BCUT2D eigenvalue weighted by Gasteiger charge is 2.15. The molecule has 0 spiro atoms. The summed E-state index contributed by atoms with van der Waals surface area (Å²) in [6.07, 6.45) is 1.79. The maximum absolute atomic E-state index is 12.2. The molecule has 8 nitrogen and oxygen atoms in total. The van der Waals surface area contributed by atoms with Gasteiger partial charge in [0.2, 0.25) is 16.9 Å². The number of thioether (sulfide) groups is 1. The Morgan fingerprint density at radius 1 is 1.28 bits per heavy atom. The molecule has 1 amide bonds. The SMILES string of the molecule is Cc1ccc(NC(=O)Cc2nc(CSc3nnc(-c4ccco4)n3N)cs2)cc1. The van der Waals surface area contributed by atoms with Crippen LogP contribution in [0, 0.1) is 6.92 Å². The van der Waals surface area contributed by atoms with Crippen LogP contribution in [0.25, 0.3) is 11.6 Å². The average molecular weight is 427 g/mol. The van der Waals surface area contributed by atoms with E-state index in [1.54, 1.807) is 18.4 Å². The molecule has 3 aromatic heterocycles. The highest BCUT2D eigenvalue weighted by Crippen LogP contribution is 2.25. The first kappa shape index (κ1) is 19.2. The van der Waals surface area contributed by atoms with Crippen molar-refractivity contribution in [2.45, 2.75) is 24.3 Å². The van der Waals surface area contributed by atoms with Gasteiger partial charge in [-0.05, 0) is 31.2 Å². The number of carbonyl (C=O) groups is 1. The van der Waals surface area contributed by atoms with Crippen molar-refractivity contribution in [1.82, 2.24) is 19.9 Å². The third-order valence-electron chi connectivity index (χ3n) is 4.00. The van der Waals surface area contributed by atoms with Crippen molar-refractivity contribution >= 4 is 34.7 Å². The first-order chi connectivity index (χ1) is 14.1. The molecule has 0 fully saturated rings. The molecule has 0 saturated carbocycles. The molecule has 0 radical (unpaired) electrons. The Morgan fingerprint density at radius 3 is 2.86 bits per heavy atom. The number of rotatable bonds is 7. The van der Waals surface area contributed by atoms with Crippen molar-refractivity contribution in [1.29, 1.82) is 0 Å². The van der Waals surface area contributed by atoms with Gasteiger partial charge in [-0.15, -0.1) is 21.5 Å². The van der Waals surface area contributed by atoms with Gasteiger partial charge in [0.1, 0.15) is 5.01 Å². The fourth-order valence-electron chi connectivity index (χ4n) is 2.56. The molecule has 3 heterocycles. The van der Waals surface area contributed by atoms with Gasteiger partial charge in [-0.1, -0.05) is 29.5 Å². The number of nitrogens with one attached hydrogen (secondary N) is 1. The van der Waals surface area contributed by atoms with Crippen molar-refractivity contribution in [2.24, 2.45) is 0 Å². The lowest BCUT2D eigenvalue weighted by Gasteiger charge is -2.04. The molecule has 3 N–H and O–H groups in total. The number of hydrogen-bond donors (Lipinski definition) is 2. The van der Waals surface area contributed by atoms with Crippen LogP contribution in [-0.2, 0) is 17.0 Å². The summed E-state index contributed by atoms with van der Waals surface area (Å²) in [5.41, 5.74) is 2.79. The van der Waals surface area contributed by atoms with Crippen molar-refractivity contribution in [2.75, 3.05) is 11.2 Å². The highest BCUT2D eigenvalue weighted by molar-refractivity contribution is 7.98. The molecule has 0 aliphatic carbocycles. The van der Waals surface area contributed by atoms with E-state index in [1.807, 2.05) is 36.6 Å². The molecule has 10 heteroatoms. The Morgan fingerprint density at radius 2 is 2.10 bits per heavy atom. The third kappa shape index (κ3) is 4.66. The molecule has 0 saturated heterocycles. The lowest BCUT2D eigenvalue weighted by atomic mass is 10.2. The Kier molecular flexibility index (Phi) is 5.63. The van der Waals surface area contributed by atoms with E-state index < -0.39 is 0 Å². The number of aryl methyl sites for hydroxylation is 1. The van der Waals surface area contributed by atoms with Gasteiger partial charge in [0, 0.05) is 16.8 Å². The molecule has 148 valence electrons. The minimum atomic E-state index is -0.0906. The maximum atomic E-state index is 12.2. The van der Waals surface area contributed by atoms with Gasteiger partial charge in [0.15, 0.2) is 5.76 Å². The summed E-state index contributed by atoms with van der Waals surface area (Å²) in [7, 11) is 0. The second kappa shape index (κ2) is 8.50. The number of thiazole rings is 1. The predicted octanol–water partition coefficient (Wildman–Crippen LogP) is 3.49. The monoisotopic (exact) mass is 426 g/mol. The van der Waals surface area contributed by atoms with Crippen LogP contribution in [0.4, 0.5) is 5.69 Å². The Bertz CT molecular complexity index is 1100. The van der Waals surface area contributed by atoms with Crippen LogP contribution in [-0.4, -0.2) is 25.8 Å². The number of furan rings is 1. The Hall–Kier alpha value is -3.11. The third-order valence-corrected chi connectivity index (χ3v) is 5.88. The standard InChI is InChI=1S/C19H18N6O2S2/c1-12-4-6-13(7-5-12)21-16(26)9-17-22-14(10-28-17)11-29-19-24-23-18(25(19)20)15-3-2-8-27-15/h2-8,10H,9,11,20H2,1H3,(H,21,26). The van der Waals surface area contributed by atoms with E-state index in [0.29, 0.717) is 22.5 Å². The molecule has 1 aromatic carbocycles. The predicted molar refractivity (Wildman–Crippen MR) is 113 cm³/mol. The lowest BCUT2D eigenvalue weighted by molar-refractivity contribution is -0.115. The number of carbonyl (C=O) groups excluding carboxylic acids is 1. The minimum Gasteiger partial charge on any atom is -0.461 e. The molecular weight excluding hydrogens is 408 g/mol. The van der Waals surface area contributed by atoms with E-state index >= 15 is 0 Å². The summed E-state index contributed by atoms with van der Waals surface area (Å²) in [6, 6.07) is 11.2. The number of amides is 1.